The van der Waals surface area contributed by atoms with Crippen LogP contribution in [0.3, 0.4) is 0 Å². The van der Waals surface area contributed by atoms with Crippen LogP contribution in [0.15, 0.2) is 76.2 Å². The lowest BCUT2D eigenvalue weighted by molar-refractivity contribution is 0.253. The van der Waals surface area contributed by atoms with E-state index in [9.17, 15) is 9.18 Å². The highest BCUT2D eigenvalue weighted by molar-refractivity contribution is 5.78. The Morgan fingerprint density at radius 3 is 2.61 bits per heavy atom. The molecule has 2 aromatic heterocycles. The average Bonchev–Trinajstić information content (AvgIpc) is 3.11. The third-order valence-electron chi connectivity index (χ3n) is 4.59. The van der Waals surface area contributed by atoms with Gasteiger partial charge < -0.3 is 14.6 Å². The zero-order chi connectivity index (χ0) is 21.6. The first kappa shape index (κ1) is 20.5. The van der Waals surface area contributed by atoms with Gasteiger partial charge in [-0.15, -0.1) is 0 Å². The number of nitrogens with zero attached hydrogens (tertiary/aromatic N) is 3. The van der Waals surface area contributed by atoms with Gasteiger partial charge in [-0.2, -0.15) is 4.98 Å². The van der Waals surface area contributed by atoms with E-state index in [2.05, 4.69) is 15.3 Å². The summed E-state index contributed by atoms with van der Waals surface area (Å²) in [5.74, 6) is 0.206. The second kappa shape index (κ2) is 9.36. The van der Waals surface area contributed by atoms with Gasteiger partial charge in [-0.05, 0) is 42.4 Å². The molecule has 0 atom stereocenters. The van der Waals surface area contributed by atoms with Crippen molar-refractivity contribution in [3.05, 3.63) is 83.1 Å². The van der Waals surface area contributed by atoms with Crippen molar-refractivity contribution in [2.45, 2.75) is 13.5 Å². The quantitative estimate of drug-likeness (QED) is 0.432. The van der Waals surface area contributed by atoms with Crippen LogP contribution in [-0.4, -0.2) is 27.8 Å². The SMILES string of the molecule is CCNCCn1oc(=O)c(-c2ccc(F)cc2)c1-c1ccnc(Oc2ccccc2)n1. The van der Waals surface area contributed by atoms with E-state index in [-0.39, 0.29) is 11.8 Å². The van der Waals surface area contributed by atoms with E-state index in [0.717, 1.165) is 6.54 Å². The highest BCUT2D eigenvalue weighted by Gasteiger charge is 2.22. The number of halogens is 1. The second-order valence-corrected chi connectivity index (χ2v) is 6.70. The van der Waals surface area contributed by atoms with Crippen molar-refractivity contribution in [1.29, 1.82) is 0 Å². The number of hydrogen-bond donors (Lipinski definition) is 1. The van der Waals surface area contributed by atoms with Gasteiger partial charge in [0.15, 0.2) is 0 Å². The van der Waals surface area contributed by atoms with Gasteiger partial charge in [0.1, 0.15) is 17.3 Å². The smallest absolute Gasteiger partial charge is 0.366 e. The summed E-state index contributed by atoms with van der Waals surface area (Å²) in [5, 5.41) is 3.21. The Kier molecular flexibility index (Phi) is 6.18. The lowest BCUT2D eigenvalue weighted by atomic mass is 10.0. The molecule has 4 aromatic rings. The number of aromatic nitrogens is 3. The molecule has 7 nitrogen and oxygen atoms in total. The maximum absolute atomic E-state index is 13.4. The van der Waals surface area contributed by atoms with Crippen LogP contribution in [0.1, 0.15) is 6.92 Å². The molecule has 0 aliphatic carbocycles. The van der Waals surface area contributed by atoms with Gasteiger partial charge in [0.2, 0.25) is 0 Å². The number of rotatable bonds is 8. The van der Waals surface area contributed by atoms with Crippen LogP contribution in [0.2, 0.25) is 0 Å². The summed E-state index contributed by atoms with van der Waals surface area (Å²) in [6.45, 7) is 3.80. The molecule has 0 amide bonds. The minimum absolute atomic E-state index is 0.139. The Morgan fingerprint density at radius 2 is 1.87 bits per heavy atom. The predicted octanol–water partition coefficient (Wildman–Crippen LogP) is 4.11. The van der Waals surface area contributed by atoms with Crippen molar-refractivity contribution >= 4 is 0 Å². The van der Waals surface area contributed by atoms with Crippen molar-refractivity contribution < 1.29 is 13.7 Å². The number of nitrogens with one attached hydrogen (secondary N) is 1. The molecule has 158 valence electrons. The van der Waals surface area contributed by atoms with Gasteiger partial charge in [0.25, 0.3) is 0 Å². The summed E-state index contributed by atoms with van der Waals surface area (Å²) in [5.41, 5.74) is 1.26. The van der Waals surface area contributed by atoms with Crippen LogP contribution >= 0.6 is 0 Å². The molecule has 0 spiro atoms. The molecular formula is C23H21FN4O3. The lowest BCUT2D eigenvalue weighted by Gasteiger charge is -2.10. The standard InChI is InChI=1S/C23H21FN4O3/c1-2-25-14-15-28-21(20(22(29)31-28)16-8-10-17(24)11-9-16)19-12-13-26-23(27-19)30-18-6-4-3-5-7-18/h3-13,25H,2,14-15H2,1H3. The molecular weight excluding hydrogens is 399 g/mol. The van der Waals surface area contributed by atoms with Gasteiger partial charge in [-0.1, -0.05) is 37.3 Å². The highest BCUT2D eigenvalue weighted by atomic mass is 19.1. The summed E-state index contributed by atoms with van der Waals surface area (Å²) in [7, 11) is 0. The second-order valence-electron chi connectivity index (χ2n) is 6.70. The zero-order valence-corrected chi connectivity index (χ0v) is 16.9. The van der Waals surface area contributed by atoms with Gasteiger partial charge in [-0.3, -0.25) is 0 Å². The number of para-hydroxylation sites is 1. The van der Waals surface area contributed by atoms with Gasteiger partial charge in [-0.25, -0.2) is 18.9 Å². The Hall–Kier alpha value is -3.78. The Labute approximate surface area is 178 Å². The molecule has 8 heteroatoms. The summed E-state index contributed by atoms with van der Waals surface area (Å²) in [4.78, 5) is 21.4. The molecule has 0 unspecified atom stereocenters. The Balaban J connectivity index is 1.79. The van der Waals surface area contributed by atoms with Crippen LogP contribution in [-0.2, 0) is 6.54 Å². The first-order chi connectivity index (χ1) is 15.2. The van der Waals surface area contributed by atoms with Crippen molar-refractivity contribution in [3.63, 3.8) is 0 Å². The third-order valence-corrected chi connectivity index (χ3v) is 4.59. The first-order valence-electron chi connectivity index (χ1n) is 9.93. The number of hydrogen-bond acceptors (Lipinski definition) is 6. The molecule has 2 aromatic carbocycles. The van der Waals surface area contributed by atoms with E-state index in [4.69, 9.17) is 9.26 Å². The van der Waals surface area contributed by atoms with Crippen LogP contribution < -0.4 is 15.7 Å². The molecule has 31 heavy (non-hydrogen) atoms. The lowest BCUT2D eigenvalue weighted by Crippen LogP contribution is -2.19. The van der Waals surface area contributed by atoms with E-state index in [1.54, 1.807) is 36.5 Å². The molecule has 0 bridgehead atoms. The predicted molar refractivity (Wildman–Crippen MR) is 114 cm³/mol. The van der Waals surface area contributed by atoms with Gasteiger partial charge in [0.05, 0.1) is 17.8 Å². The maximum atomic E-state index is 13.4. The van der Waals surface area contributed by atoms with Crippen molar-refractivity contribution in [1.82, 2.24) is 20.0 Å². The summed E-state index contributed by atoms with van der Waals surface area (Å²) in [6, 6.07) is 16.7. The molecule has 0 radical (unpaired) electrons. The maximum Gasteiger partial charge on any atom is 0.366 e. The van der Waals surface area contributed by atoms with E-state index >= 15 is 0 Å². The molecule has 4 rings (SSSR count). The third kappa shape index (κ3) is 4.70. The van der Waals surface area contributed by atoms with Crippen LogP contribution in [0.25, 0.3) is 22.5 Å². The number of ether oxygens (including phenoxy) is 1. The topological polar surface area (TPSA) is 82.2 Å². The molecule has 0 saturated carbocycles. The fourth-order valence-corrected chi connectivity index (χ4v) is 3.17. The average molecular weight is 420 g/mol. The number of likely N-dealkylation sites (N-methyl/N-ethyl adjacent to an activating group) is 1. The fraction of sp³-hybridized carbons (Fsp3) is 0.174. The van der Waals surface area contributed by atoms with Crippen molar-refractivity contribution in [3.8, 4) is 34.3 Å². The molecule has 0 aliphatic rings. The molecule has 1 N–H and O–H groups in total. The molecule has 0 fully saturated rings. The van der Waals surface area contributed by atoms with E-state index < -0.39 is 5.63 Å². The zero-order valence-electron chi connectivity index (χ0n) is 16.9. The molecule has 0 saturated heterocycles. The summed E-state index contributed by atoms with van der Waals surface area (Å²) >= 11 is 0. The fourth-order valence-electron chi connectivity index (χ4n) is 3.17. The minimum Gasteiger partial charge on any atom is -0.424 e. The minimum atomic E-state index is -0.526. The Bertz CT molecular complexity index is 1200. The molecule has 0 aliphatic heterocycles. The van der Waals surface area contributed by atoms with Crippen molar-refractivity contribution in [2.75, 3.05) is 13.1 Å². The van der Waals surface area contributed by atoms with E-state index in [1.165, 1.54) is 16.9 Å². The summed E-state index contributed by atoms with van der Waals surface area (Å²) < 4.78 is 26.2. The first-order valence-corrected chi connectivity index (χ1v) is 9.93. The van der Waals surface area contributed by atoms with E-state index in [1.807, 2.05) is 25.1 Å². The van der Waals surface area contributed by atoms with Crippen LogP contribution in [0, 0.1) is 5.82 Å². The molecule has 2 heterocycles. The van der Waals surface area contributed by atoms with Crippen LogP contribution in [0.4, 0.5) is 4.39 Å². The normalized spacial score (nSPS) is 10.9. The largest absolute Gasteiger partial charge is 0.424 e. The number of benzene rings is 2. The van der Waals surface area contributed by atoms with Crippen LogP contribution in [0.5, 0.6) is 11.8 Å². The monoisotopic (exact) mass is 420 g/mol. The summed E-state index contributed by atoms with van der Waals surface area (Å²) in [6.07, 6.45) is 1.56. The Morgan fingerprint density at radius 1 is 1.10 bits per heavy atom. The van der Waals surface area contributed by atoms with Gasteiger partial charge >= 0.3 is 11.6 Å². The highest BCUT2D eigenvalue weighted by Crippen LogP contribution is 2.30. The van der Waals surface area contributed by atoms with Crippen molar-refractivity contribution in [2.24, 2.45) is 0 Å². The van der Waals surface area contributed by atoms with Gasteiger partial charge in [0, 0.05) is 12.7 Å². The van der Waals surface area contributed by atoms with E-state index in [0.29, 0.717) is 41.4 Å².